The number of carbonyl (C=O) groups is 2. The molecule has 37 heavy (non-hydrogen) atoms. The van der Waals surface area contributed by atoms with Crippen molar-refractivity contribution in [2.24, 2.45) is 0 Å². The fraction of sp³-hybridized carbons (Fsp3) is 0.179. The summed E-state index contributed by atoms with van der Waals surface area (Å²) in [6, 6.07) is 20.6. The van der Waals surface area contributed by atoms with Gasteiger partial charge in [0.25, 0.3) is 5.91 Å². The molecular weight excluding hydrogens is 506 g/mol. The number of furan rings is 1. The number of carbonyl (C=O) groups excluding carboxylic acids is 2. The average Bonchev–Trinajstić information content (AvgIpc) is 3.47. The summed E-state index contributed by atoms with van der Waals surface area (Å²) in [5, 5.41) is 5.50. The van der Waals surface area contributed by atoms with E-state index in [2.05, 4.69) is 15.3 Å². The Morgan fingerprint density at radius 3 is 2.68 bits per heavy atom. The van der Waals surface area contributed by atoms with E-state index in [1.807, 2.05) is 63.2 Å². The van der Waals surface area contributed by atoms with Gasteiger partial charge in [-0.05, 0) is 91.7 Å². The van der Waals surface area contributed by atoms with Gasteiger partial charge in [-0.15, -0.1) is 0 Å². The molecule has 0 aliphatic heterocycles. The molecule has 3 aromatic heterocycles. The first-order valence-electron chi connectivity index (χ1n) is 11.6. The van der Waals surface area contributed by atoms with Gasteiger partial charge in [0.1, 0.15) is 21.9 Å². The molecule has 0 unspecified atom stereocenters. The Morgan fingerprint density at radius 1 is 1.03 bits per heavy atom. The van der Waals surface area contributed by atoms with Gasteiger partial charge in [0.15, 0.2) is 5.76 Å². The molecule has 5 rings (SSSR count). The van der Waals surface area contributed by atoms with Crippen molar-refractivity contribution in [3.05, 3.63) is 89.9 Å². The van der Waals surface area contributed by atoms with Crippen molar-refractivity contribution in [2.45, 2.75) is 37.2 Å². The average molecular weight is 532 g/mol. The molecule has 0 radical (unpaired) electrons. The molecule has 3 heterocycles. The first-order chi connectivity index (χ1) is 17.7. The third-order valence-corrected chi connectivity index (χ3v) is 7.51. The topological polar surface area (TPSA) is 97.2 Å². The molecule has 9 heteroatoms. The van der Waals surface area contributed by atoms with E-state index in [4.69, 9.17) is 9.15 Å². The highest BCUT2D eigenvalue weighted by Crippen LogP contribution is 2.33. The van der Waals surface area contributed by atoms with Crippen molar-refractivity contribution < 1.29 is 18.7 Å². The first-order valence-corrected chi connectivity index (χ1v) is 14.0. The highest BCUT2D eigenvalue weighted by molar-refractivity contribution is 8.76. The lowest BCUT2D eigenvalue weighted by molar-refractivity contribution is 0.00637. The number of hydrogen-bond donors (Lipinski definition) is 2. The number of nitrogens with one attached hydrogen (secondary N) is 2. The second-order valence-corrected chi connectivity index (χ2v) is 11.8. The number of anilines is 1. The highest BCUT2D eigenvalue weighted by Gasteiger charge is 2.20. The van der Waals surface area contributed by atoms with Crippen LogP contribution in [-0.4, -0.2) is 27.4 Å². The lowest BCUT2D eigenvalue weighted by Gasteiger charge is -2.18. The fourth-order valence-electron chi connectivity index (χ4n) is 3.69. The summed E-state index contributed by atoms with van der Waals surface area (Å²) in [6.07, 6.45) is 1.78. The largest absolute Gasteiger partial charge is 0.455 e. The maximum atomic E-state index is 12.9. The second kappa shape index (κ2) is 10.4. The normalized spacial score (nSPS) is 11.6. The van der Waals surface area contributed by atoms with Crippen molar-refractivity contribution in [1.29, 1.82) is 0 Å². The molecule has 7 nitrogen and oxygen atoms in total. The maximum absolute atomic E-state index is 12.9. The highest BCUT2D eigenvalue weighted by atomic mass is 33.1. The van der Waals surface area contributed by atoms with Crippen molar-refractivity contribution >= 4 is 61.0 Å². The van der Waals surface area contributed by atoms with E-state index in [0.717, 1.165) is 32.6 Å². The van der Waals surface area contributed by atoms with E-state index in [9.17, 15) is 9.59 Å². The molecule has 0 atom stereocenters. The maximum Gasteiger partial charge on any atom is 0.355 e. The van der Waals surface area contributed by atoms with Crippen molar-refractivity contribution in [1.82, 2.24) is 9.97 Å². The zero-order valence-electron chi connectivity index (χ0n) is 20.5. The third-order valence-electron chi connectivity index (χ3n) is 5.31. The summed E-state index contributed by atoms with van der Waals surface area (Å²) < 4.78 is 11.2. The number of H-pyrrole nitrogens is 1. The van der Waals surface area contributed by atoms with Crippen LogP contribution < -0.4 is 5.32 Å². The van der Waals surface area contributed by atoms with Crippen LogP contribution in [0.2, 0.25) is 0 Å². The number of fused-ring (bicyclic) bond motifs is 2. The van der Waals surface area contributed by atoms with Gasteiger partial charge < -0.3 is 19.5 Å². The Kier molecular flexibility index (Phi) is 6.99. The zero-order chi connectivity index (χ0) is 26.0. The molecule has 2 N–H and O–H groups in total. The summed E-state index contributed by atoms with van der Waals surface area (Å²) in [6.45, 7) is 5.46. The molecule has 0 aliphatic rings. The lowest BCUT2D eigenvalue weighted by Crippen LogP contribution is -2.24. The van der Waals surface area contributed by atoms with Gasteiger partial charge in [0, 0.05) is 33.9 Å². The Labute approximate surface area is 221 Å². The number of aromatic amines is 1. The number of amides is 1. The molecule has 0 fully saturated rings. The van der Waals surface area contributed by atoms with E-state index >= 15 is 0 Å². The number of ether oxygens (including phenoxy) is 1. The number of rotatable bonds is 7. The minimum atomic E-state index is -0.585. The number of nitrogens with zero attached hydrogens (tertiary/aromatic N) is 1. The summed E-state index contributed by atoms with van der Waals surface area (Å²) >= 11 is 0. The van der Waals surface area contributed by atoms with Gasteiger partial charge in [-0.25, -0.2) is 9.78 Å². The zero-order valence-corrected chi connectivity index (χ0v) is 22.2. The summed E-state index contributed by atoms with van der Waals surface area (Å²) in [5.41, 5.74) is 2.92. The molecule has 0 saturated heterocycles. The third kappa shape index (κ3) is 6.18. The van der Waals surface area contributed by atoms with Gasteiger partial charge in [0.05, 0.1) is 0 Å². The molecule has 2 aromatic carbocycles. The lowest BCUT2D eigenvalue weighted by atomic mass is 10.2. The number of pyridine rings is 1. The molecule has 188 valence electrons. The fourth-order valence-corrected chi connectivity index (χ4v) is 5.67. The second-order valence-electron chi connectivity index (χ2n) is 9.44. The smallest absolute Gasteiger partial charge is 0.355 e. The molecule has 1 amide bonds. The van der Waals surface area contributed by atoms with Crippen molar-refractivity contribution in [3.8, 4) is 0 Å². The van der Waals surface area contributed by atoms with E-state index in [1.54, 1.807) is 52.1 Å². The number of esters is 1. The van der Waals surface area contributed by atoms with Gasteiger partial charge >= 0.3 is 5.97 Å². The van der Waals surface area contributed by atoms with E-state index in [0.29, 0.717) is 17.0 Å². The SMILES string of the molecule is CC(C)(C)OC(=O)c1cc2cc(NC(=O)c3cc4cc(CSSc5ccccn5)ccc4o3)ccc2[nH]1. The Hall–Kier alpha value is -3.69. The van der Waals surface area contributed by atoms with Crippen LogP contribution in [0.4, 0.5) is 5.69 Å². The monoisotopic (exact) mass is 531 g/mol. The van der Waals surface area contributed by atoms with Gasteiger partial charge in [-0.1, -0.05) is 22.9 Å². The van der Waals surface area contributed by atoms with Crippen LogP contribution in [0, 0.1) is 0 Å². The van der Waals surface area contributed by atoms with Crippen LogP contribution >= 0.6 is 21.6 Å². The van der Waals surface area contributed by atoms with E-state index in [1.165, 1.54) is 0 Å². The Morgan fingerprint density at radius 2 is 1.89 bits per heavy atom. The molecular formula is C28H25N3O4S2. The van der Waals surface area contributed by atoms with Crippen molar-refractivity contribution in [2.75, 3.05) is 5.32 Å². The number of benzene rings is 2. The minimum absolute atomic E-state index is 0.228. The van der Waals surface area contributed by atoms with Gasteiger partial charge in [0.2, 0.25) is 0 Å². The summed E-state index contributed by atoms with van der Waals surface area (Å²) in [5.74, 6) is 0.252. The minimum Gasteiger partial charge on any atom is -0.455 e. The first kappa shape index (κ1) is 25.0. The molecule has 0 bridgehead atoms. The van der Waals surface area contributed by atoms with Crippen LogP contribution in [0.1, 0.15) is 47.4 Å². The quantitative estimate of drug-likeness (QED) is 0.166. The predicted octanol–water partition coefficient (Wildman–Crippen LogP) is 7.46. The predicted molar refractivity (Wildman–Crippen MR) is 149 cm³/mol. The van der Waals surface area contributed by atoms with Crippen LogP contribution in [0.15, 0.2) is 82.4 Å². The molecule has 5 aromatic rings. The number of aromatic nitrogens is 2. The van der Waals surface area contributed by atoms with E-state index in [-0.39, 0.29) is 11.7 Å². The Bertz CT molecular complexity index is 1590. The Balaban J connectivity index is 1.25. The van der Waals surface area contributed by atoms with Gasteiger partial charge in [-0.2, -0.15) is 0 Å². The van der Waals surface area contributed by atoms with Crippen molar-refractivity contribution in [3.63, 3.8) is 0 Å². The van der Waals surface area contributed by atoms with Crippen LogP contribution in [0.25, 0.3) is 21.9 Å². The standard InChI is InChI=1S/C28H25N3O4S2/c1-28(2,3)35-27(33)22-14-18-13-20(8-9-21(18)31-22)30-26(32)24-15-19-12-17(7-10-23(19)34-24)16-36-37-25-6-4-5-11-29-25/h4-15,31H,16H2,1-3H3,(H,30,32). The van der Waals surface area contributed by atoms with Crippen LogP contribution in [0.3, 0.4) is 0 Å². The summed E-state index contributed by atoms with van der Waals surface area (Å²) in [7, 11) is 3.33. The summed E-state index contributed by atoms with van der Waals surface area (Å²) in [4.78, 5) is 32.7. The molecule has 0 aliphatic carbocycles. The van der Waals surface area contributed by atoms with Gasteiger partial charge in [-0.3, -0.25) is 4.79 Å². The van der Waals surface area contributed by atoms with Crippen LogP contribution in [0.5, 0.6) is 0 Å². The molecule has 0 saturated carbocycles. The number of hydrogen-bond acceptors (Lipinski definition) is 7. The van der Waals surface area contributed by atoms with E-state index < -0.39 is 11.6 Å². The van der Waals surface area contributed by atoms with Crippen LogP contribution in [-0.2, 0) is 10.5 Å². The molecule has 0 spiro atoms.